The molecule has 3 fully saturated rings. The third kappa shape index (κ3) is 2.30. The van der Waals surface area contributed by atoms with Crippen molar-refractivity contribution < 1.29 is 14.6 Å². The minimum atomic E-state index is -1.08. The van der Waals surface area contributed by atoms with Gasteiger partial charge in [0.2, 0.25) is 0 Å². The molecule has 3 heteroatoms. The van der Waals surface area contributed by atoms with Crippen LogP contribution < -0.4 is 0 Å². The molecule has 0 amide bonds. The highest BCUT2D eigenvalue weighted by Crippen LogP contribution is 2.67. The SMILES string of the molecule is C#CCOC1(O)CC[C@@H]2C3CC=C4CC(=O)CC[C@]4(C)[C@@H]3CC[C@@]21C. The summed E-state index contributed by atoms with van der Waals surface area (Å²) in [6, 6.07) is 0. The summed E-state index contributed by atoms with van der Waals surface area (Å²) in [6.07, 6.45) is 15.0. The Labute approximate surface area is 151 Å². The number of ether oxygens (including phenoxy) is 1. The molecule has 4 aliphatic carbocycles. The first-order valence-electron chi connectivity index (χ1n) is 9.85. The van der Waals surface area contributed by atoms with Crippen LogP contribution in [0.25, 0.3) is 0 Å². The number of fused-ring (bicyclic) bond motifs is 5. The molecule has 2 unspecified atom stereocenters. The highest BCUT2D eigenvalue weighted by Gasteiger charge is 2.64. The molecule has 0 aliphatic heterocycles. The Balaban J connectivity index is 1.64. The van der Waals surface area contributed by atoms with Crippen molar-refractivity contribution in [1.82, 2.24) is 0 Å². The van der Waals surface area contributed by atoms with Crippen molar-refractivity contribution in [1.29, 1.82) is 0 Å². The smallest absolute Gasteiger partial charge is 0.172 e. The Morgan fingerprint density at radius 3 is 2.80 bits per heavy atom. The first-order chi connectivity index (χ1) is 11.8. The Hall–Kier alpha value is -1.11. The minimum Gasteiger partial charge on any atom is -0.365 e. The zero-order valence-electron chi connectivity index (χ0n) is 15.5. The van der Waals surface area contributed by atoms with Crippen molar-refractivity contribution in [3.05, 3.63) is 11.6 Å². The third-order valence-corrected chi connectivity index (χ3v) is 8.41. The van der Waals surface area contributed by atoms with Gasteiger partial charge in [0.15, 0.2) is 5.79 Å². The monoisotopic (exact) mass is 342 g/mol. The number of hydrogen-bond acceptors (Lipinski definition) is 3. The molecule has 4 aliphatic rings. The minimum absolute atomic E-state index is 0.177. The lowest BCUT2D eigenvalue weighted by atomic mass is 9.48. The number of allylic oxidation sites excluding steroid dienone is 2. The number of aliphatic hydroxyl groups is 1. The Morgan fingerprint density at radius 1 is 1.28 bits per heavy atom. The van der Waals surface area contributed by atoms with E-state index >= 15 is 0 Å². The van der Waals surface area contributed by atoms with Gasteiger partial charge in [0.25, 0.3) is 0 Å². The molecule has 25 heavy (non-hydrogen) atoms. The Kier molecular flexibility index (Phi) is 3.94. The van der Waals surface area contributed by atoms with Crippen molar-refractivity contribution in [2.24, 2.45) is 28.6 Å². The molecule has 0 radical (unpaired) electrons. The Morgan fingerprint density at radius 2 is 2.04 bits per heavy atom. The number of Topliss-reactive ketones (excluding diaryl/α,β-unsaturated/α-hetero) is 1. The highest BCUT2D eigenvalue weighted by atomic mass is 16.6. The van der Waals surface area contributed by atoms with E-state index in [1.54, 1.807) is 0 Å². The van der Waals surface area contributed by atoms with Gasteiger partial charge in [-0.2, -0.15) is 0 Å². The van der Waals surface area contributed by atoms with Crippen LogP contribution in [0.5, 0.6) is 0 Å². The molecule has 0 spiro atoms. The molecule has 0 aromatic carbocycles. The van der Waals surface area contributed by atoms with E-state index in [0.29, 0.717) is 36.4 Å². The molecule has 3 nitrogen and oxygen atoms in total. The van der Waals surface area contributed by atoms with E-state index in [-0.39, 0.29) is 17.4 Å². The van der Waals surface area contributed by atoms with E-state index in [0.717, 1.165) is 38.5 Å². The van der Waals surface area contributed by atoms with Crippen LogP contribution in [0.15, 0.2) is 11.6 Å². The lowest BCUT2D eigenvalue weighted by Crippen LogP contribution is -2.55. The van der Waals surface area contributed by atoms with Gasteiger partial charge in [-0.1, -0.05) is 31.4 Å². The highest BCUT2D eigenvalue weighted by molar-refractivity contribution is 5.82. The maximum atomic E-state index is 11.9. The van der Waals surface area contributed by atoms with Gasteiger partial charge in [-0.25, -0.2) is 0 Å². The maximum absolute atomic E-state index is 11.9. The quantitative estimate of drug-likeness (QED) is 0.471. The molecule has 0 saturated heterocycles. The van der Waals surface area contributed by atoms with Gasteiger partial charge in [-0.3, -0.25) is 4.79 Å². The predicted octanol–water partition coefficient (Wildman–Crippen LogP) is 3.86. The van der Waals surface area contributed by atoms with Crippen LogP contribution in [0.2, 0.25) is 0 Å². The molecule has 3 saturated carbocycles. The van der Waals surface area contributed by atoms with Crippen LogP contribution in [0.3, 0.4) is 0 Å². The van der Waals surface area contributed by atoms with E-state index in [9.17, 15) is 9.90 Å². The summed E-state index contributed by atoms with van der Waals surface area (Å²) >= 11 is 0. The molecular formula is C22H30O3. The number of ketones is 1. The van der Waals surface area contributed by atoms with E-state index in [4.69, 9.17) is 11.2 Å². The summed E-state index contributed by atoms with van der Waals surface area (Å²) in [7, 11) is 0. The zero-order valence-corrected chi connectivity index (χ0v) is 15.5. The van der Waals surface area contributed by atoms with Crippen molar-refractivity contribution in [3.63, 3.8) is 0 Å². The van der Waals surface area contributed by atoms with Crippen LogP contribution in [-0.4, -0.2) is 23.3 Å². The van der Waals surface area contributed by atoms with Crippen LogP contribution >= 0.6 is 0 Å². The standard InChI is InChI=1S/C22H30O3/c1-4-13-25-22(24)12-9-19-17-6-5-15-14-16(23)7-10-20(15,2)18(17)8-11-21(19,22)3/h1,5,17-19,24H,6-14H2,2-3H3/t17?,18-,19-,20+,21+,22?/m1/s1. The summed E-state index contributed by atoms with van der Waals surface area (Å²) in [6.45, 7) is 4.78. The van der Waals surface area contributed by atoms with E-state index in [2.05, 4.69) is 25.8 Å². The van der Waals surface area contributed by atoms with Gasteiger partial charge < -0.3 is 9.84 Å². The van der Waals surface area contributed by atoms with E-state index in [1.165, 1.54) is 5.57 Å². The van der Waals surface area contributed by atoms with E-state index < -0.39 is 5.79 Å². The number of hydrogen-bond donors (Lipinski definition) is 1. The third-order valence-electron chi connectivity index (χ3n) is 8.41. The largest absolute Gasteiger partial charge is 0.365 e. The summed E-state index contributed by atoms with van der Waals surface area (Å²) < 4.78 is 5.80. The summed E-state index contributed by atoms with van der Waals surface area (Å²) in [5, 5.41) is 11.2. The van der Waals surface area contributed by atoms with Gasteiger partial charge in [0, 0.05) is 24.7 Å². The fourth-order valence-corrected chi connectivity index (χ4v) is 6.85. The van der Waals surface area contributed by atoms with Crippen molar-refractivity contribution in [2.75, 3.05) is 6.61 Å². The summed E-state index contributed by atoms with van der Waals surface area (Å²) in [5.74, 6) is 3.53. The molecule has 1 N–H and O–H groups in total. The number of carbonyl (C=O) groups excluding carboxylic acids is 1. The fraction of sp³-hybridized carbons (Fsp3) is 0.773. The van der Waals surface area contributed by atoms with Gasteiger partial charge >= 0.3 is 0 Å². The fourth-order valence-electron chi connectivity index (χ4n) is 6.85. The predicted molar refractivity (Wildman–Crippen MR) is 96.4 cm³/mol. The Bertz CT molecular complexity index is 659. The molecule has 0 heterocycles. The molecule has 6 atom stereocenters. The normalized spacial score (nSPS) is 48.8. The average Bonchev–Trinajstić information content (AvgIpc) is 2.85. The van der Waals surface area contributed by atoms with Gasteiger partial charge in [0.1, 0.15) is 12.4 Å². The number of carbonyl (C=O) groups is 1. The molecular weight excluding hydrogens is 312 g/mol. The summed E-state index contributed by atoms with van der Waals surface area (Å²) in [5.41, 5.74) is 1.36. The second kappa shape index (κ2) is 5.69. The van der Waals surface area contributed by atoms with Crippen molar-refractivity contribution in [2.45, 2.75) is 71.0 Å². The number of terminal acetylenes is 1. The maximum Gasteiger partial charge on any atom is 0.172 e. The van der Waals surface area contributed by atoms with Crippen LogP contribution in [0, 0.1) is 40.9 Å². The lowest BCUT2D eigenvalue weighted by Gasteiger charge is -2.58. The average molecular weight is 342 g/mol. The van der Waals surface area contributed by atoms with Crippen LogP contribution in [0.4, 0.5) is 0 Å². The molecule has 136 valence electrons. The zero-order chi connectivity index (χ0) is 17.9. The van der Waals surface area contributed by atoms with Gasteiger partial charge in [-0.05, 0) is 55.3 Å². The van der Waals surface area contributed by atoms with Gasteiger partial charge in [-0.15, -0.1) is 6.42 Å². The van der Waals surface area contributed by atoms with Gasteiger partial charge in [0.05, 0.1) is 0 Å². The molecule has 0 aromatic heterocycles. The van der Waals surface area contributed by atoms with Crippen LogP contribution in [-0.2, 0) is 9.53 Å². The van der Waals surface area contributed by atoms with Crippen molar-refractivity contribution in [3.8, 4) is 12.3 Å². The molecule has 0 bridgehead atoms. The summed E-state index contributed by atoms with van der Waals surface area (Å²) in [4.78, 5) is 11.9. The lowest BCUT2D eigenvalue weighted by molar-refractivity contribution is -0.269. The second-order valence-corrected chi connectivity index (χ2v) is 9.25. The second-order valence-electron chi connectivity index (χ2n) is 9.25. The van der Waals surface area contributed by atoms with Crippen LogP contribution in [0.1, 0.15) is 65.2 Å². The first-order valence-corrected chi connectivity index (χ1v) is 9.85. The molecule has 0 aromatic rings. The first kappa shape index (κ1) is 17.3. The number of rotatable bonds is 2. The topological polar surface area (TPSA) is 46.5 Å². The van der Waals surface area contributed by atoms with E-state index in [1.807, 2.05) is 0 Å². The van der Waals surface area contributed by atoms with Crippen molar-refractivity contribution >= 4 is 5.78 Å². The molecule has 4 rings (SSSR count).